The van der Waals surface area contributed by atoms with Gasteiger partial charge < -0.3 is 10.6 Å². The fraction of sp³-hybridized carbons (Fsp3) is 0.625. The van der Waals surface area contributed by atoms with Crippen LogP contribution in [0.25, 0.3) is 0 Å². The van der Waals surface area contributed by atoms with Crippen molar-refractivity contribution in [3.8, 4) is 0 Å². The van der Waals surface area contributed by atoms with Crippen molar-refractivity contribution in [2.24, 2.45) is 0 Å². The van der Waals surface area contributed by atoms with Gasteiger partial charge in [0.25, 0.3) is 0 Å². The largest absolute Gasteiger partial charge is 0.347 e. The first-order valence-electron chi connectivity index (χ1n) is 3.93. The van der Waals surface area contributed by atoms with Gasteiger partial charge in [-0.25, -0.2) is 0 Å². The average Bonchev–Trinajstić information content (AvgIpc) is 2.04. The van der Waals surface area contributed by atoms with E-state index in [1.165, 1.54) is 0 Å². The number of amides is 1. The number of piperazine rings is 1. The molecule has 62 valence electrons. The molecular weight excluding hydrogens is 140 g/mol. The highest BCUT2D eigenvalue weighted by molar-refractivity contribution is 5.79. The van der Waals surface area contributed by atoms with Crippen LogP contribution in [0.1, 0.15) is 13.3 Å². The zero-order valence-electron chi connectivity index (χ0n) is 6.76. The Balaban J connectivity index is 2.54. The van der Waals surface area contributed by atoms with E-state index in [-0.39, 0.29) is 11.9 Å². The number of carbonyl (C=O) groups excluding carboxylic acids is 1. The number of rotatable bonds is 2. The van der Waals surface area contributed by atoms with Crippen LogP contribution in [0.15, 0.2) is 12.7 Å². The van der Waals surface area contributed by atoms with E-state index in [0.717, 1.165) is 6.42 Å². The third-order valence-electron chi connectivity index (χ3n) is 1.98. The van der Waals surface area contributed by atoms with Gasteiger partial charge in [0.2, 0.25) is 5.91 Å². The van der Waals surface area contributed by atoms with E-state index in [4.69, 9.17) is 0 Å². The van der Waals surface area contributed by atoms with Crippen molar-refractivity contribution in [2.75, 3.05) is 6.54 Å². The van der Waals surface area contributed by atoms with E-state index in [0.29, 0.717) is 12.6 Å². The average molecular weight is 154 g/mol. The topological polar surface area (TPSA) is 41.1 Å². The summed E-state index contributed by atoms with van der Waals surface area (Å²) in [6.45, 7) is 6.18. The molecule has 2 N–H and O–H groups in total. The predicted molar refractivity (Wildman–Crippen MR) is 44.2 cm³/mol. The van der Waals surface area contributed by atoms with Crippen LogP contribution in [0.2, 0.25) is 0 Å². The van der Waals surface area contributed by atoms with Gasteiger partial charge in [-0.1, -0.05) is 13.0 Å². The third kappa shape index (κ3) is 1.80. The van der Waals surface area contributed by atoms with Crippen molar-refractivity contribution in [1.82, 2.24) is 10.6 Å². The molecule has 0 bridgehead atoms. The lowest BCUT2D eigenvalue weighted by Gasteiger charge is -2.30. The van der Waals surface area contributed by atoms with Crippen molar-refractivity contribution in [2.45, 2.75) is 25.4 Å². The maximum absolute atomic E-state index is 10.9. The van der Waals surface area contributed by atoms with E-state index in [9.17, 15) is 4.79 Å². The number of hydrogen-bond acceptors (Lipinski definition) is 2. The molecule has 0 aliphatic carbocycles. The highest BCUT2D eigenvalue weighted by Gasteiger charge is 2.23. The Labute approximate surface area is 66.9 Å². The molecule has 1 aliphatic rings. The molecular formula is C8H14N2O. The molecule has 0 spiro atoms. The van der Waals surface area contributed by atoms with Gasteiger partial charge in [-0.3, -0.25) is 4.79 Å². The summed E-state index contributed by atoms with van der Waals surface area (Å²) >= 11 is 0. The monoisotopic (exact) mass is 154 g/mol. The van der Waals surface area contributed by atoms with Crippen molar-refractivity contribution in [1.29, 1.82) is 0 Å². The number of nitrogens with one attached hydrogen (secondary N) is 2. The number of hydrogen-bond donors (Lipinski definition) is 2. The Hall–Kier alpha value is -0.830. The molecule has 2 atom stereocenters. The summed E-state index contributed by atoms with van der Waals surface area (Å²) in [4.78, 5) is 10.9. The van der Waals surface area contributed by atoms with Crippen LogP contribution < -0.4 is 10.6 Å². The Kier molecular flexibility index (Phi) is 2.65. The molecule has 1 amide bonds. The molecule has 1 rings (SSSR count). The Bertz CT molecular complexity index is 167. The molecule has 0 saturated carbocycles. The van der Waals surface area contributed by atoms with Crippen LogP contribution in [0.5, 0.6) is 0 Å². The van der Waals surface area contributed by atoms with E-state index in [2.05, 4.69) is 24.1 Å². The molecule has 1 saturated heterocycles. The lowest BCUT2D eigenvalue weighted by molar-refractivity contribution is -0.122. The molecule has 0 aromatic heterocycles. The quantitative estimate of drug-likeness (QED) is 0.551. The molecule has 0 radical (unpaired) electrons. The second-order valence-corrected chi connectivity index (χ2v) is 2.72. The highest BCUT2D eigenvalue weighted by Crippen LogP contribution is 2.03. The van der Waals surface area contributed by atoms with Gasteiger partial charge in [0.1, 0.15) is 0 Å². The smallest absolute Gasteiger partial charge is 0.234 e. The maximum Gasteiger partial charge on any atom is 0.234 e. The van der Waals surface area contributed by atoms with Crippen LogP contribution in [0.3, 0.4) is 0 Å². The molecule has 0 aromatic carbocycles. The zero-order valence-corrected chi connectivity index (χ0v) is 6.76. The van der Waals surface area contributed by atoms with Crippen LogP contribution in [-0.4, -0.2) is 24.5 Å². The van der Waals surface area contributed by atoms with Gasteiger partial charge in [-0.2, -0.15) is 0 Å². The Morgan fingerprint density at radius 1 is 1.82 bits per heavy atom. The molecule has 3 nitrogen and oxygen atoms in total. The molecule has 1 heterocycles. The van der Waals surface area contributed by atoms with Gasteiger partial charge >= 0.3 is 0 Å². The molecule has 1 aliphatic heterocycles. The second-order valence-electron chi connectivity index (χ2n) is 2.72. The fourth-order valence-corrected chi connectivity index (χ4v) is 1.31. The number of carbonyl (C=O) groups is 1. The van der Waals surface area contributed by atoms with Crippen molar-refractivity contribution in [3.05, 3.63) is 12.7 Å². The standard InChI is InChI=1S/C8H14N2O/c1-3-6-7(4-2)10-8(11)5-9-6/h4,6-7,9H,2-3,5H2,1H3,(H,10,11). The lowest BCUT2D eigenvalue weighted by atomic mass is 10.0. The first kappa shape index (κ1) is 8.27. The second kappa shape index (κ2) is 3.53. The lowest BCUT2D eigenvalue weighted by Crippen LogP contribution is -2.57. The minimum absolute atomic E-state index is 0.0552. The van der Waals surface area contributed by atoms with Gasteiger partial charge in [-0.15, -0.1) is 6.58 Å². The van der Waals surface area contributed by atoms with E-state index < -0.39 is 0 Å². The summed E-state index contributed by atoms with van der Waals surface area (Å²) in [5.41, 5.74) is 0. The minimum Gasteiger partial charge on any atom is -0.347 e. The fourth-order valence-electron chi connectivity index (χ4n) is 1.31. The van der Waals surface area contributed by atoms with Crippen LogP contribution in [0.4, 0.5) is 0 Å². The van der Waals surface area contributed by atoms with Gasteiger partial charge in [-0.05, 0) is 6.42 Å². The summed E-state index contributed by atoms with van der Waals surface area (Å²) in [5, 5.41) is 5.98. The summed E-state index contributed by atoms with van der Waals surface area (Å²) < 4.78 is 0. The van der Waals surface area contributed by atoms with Crippen molar-refractivity contribution in [3.63, 3.8) is 0 Å². The van der Waals surface area contributed by atoms with Gasteiger partial charge in [0.15, 0.2) is 0 Å². The highest BCUT2D eigenvalue weighted by atomic mass is 16.2. The summed E-state index contributed by atoms with van der Waals surface area (Å²) in [6.07, 6.45) is 2.79. The Morgan fingerprint density at radius 3 is 3.09 bits per heavy atom. The summed E-state index contributed by atoms with van der Waals surface area (Å²) in [7, 11) is 0. The molecule has 0 aromatic rings. The van der Waals surface area contributed by atoms with E-state index >= 15 is 0 Å². The molecule has 11 heavy (non-hydrogen) atoms. The predicted octanol–water partition coefficient (Wildman–Crippen LogP) is 0.0390. The van der Waals surface area contributed by atoms with Crippen molar-refractivity contribution >= 4 is 5.91 Å². The summed E-state index contributed by atoms with van der Waals surface area (Å²) in [5.74, 6) is 0.0552. The summed E-state index contributed by atoms with van der Waals surface area (Å²) in [6, 6.07) is 0.450. The third-order valence-corrected chi connectivity index (χ3v) is 1.98. The maximum atomic E-state index is 10.9. The minimum atomic E-state index is 0.0552. The Morgan fingerprint density at radius 2 is 2.55 bits per heavy atom. The van der Waals surface area contributed by atoms with E-state index in [1.807, 2.05) is 0 Å². The molecule has 1 fully saturated rings. The van der Waals surface area contributed by atoms with Crippen LogP contribution in [0, 0.1) is 0 Å². The first-order valence-corrected chi connectivity index (χ1v) is 3.93. The normalized spacial score (nSPS) is 31.2. The molecule has 3 heteroatoms. The van der Waals surface area contributed by atoms with Crippen LogP contribution in [-0.2, 0) is 4.79 Å². The van der Waals surface area contributed by atoms with Gasteiger partial charge in [0.05, 0.1) is 12.6 Å². The van der Waals surface area contributed by atoms with Crippen molar-refractivity contribution < 1.29 is 4.79 Å². The van der Waals surface area contributed by atoms with E-state index in [1.54, 1.807) is 6.08 Å². The first-order chi connectivity index (χ1) is 5.27. The van der Waals surface area contributed by atoms with Crippen LogP contribution >= 0.6 is 0 Å². The zero-order chi connectivity index (χ0) is 8.27. The SMILES string of the molecule is C=CC1NC(=O)CNC1CC. The molecule has 2 unspecified atom stereocenters. The van der Waals surface area contributed by atoms with Gasteiger partial charge in [0, 0.05) is 6.04 Å².